The molecule has 4 N–H and O–H groups in total. The molecule has 186 valence electrons. The molecule has 4 aromatic rings. The molecule has 3 aromatic heterocycles. The van der Waals surface area contributed by atoms with Gasteiger partial charge in [0.1, 0.15) is 29.5 Å². The number of nitrogens with two attached hydrogens (primary N) is 2. The normalized spacial score (nSPS) is 19.8. The third-order valence-electron chi connectivity index (χ3n) is 7.33. The number of benzene rings is 1. The van der Waals surface area contributed by atoms with Crippen LogP contribution in [0.2, 0.25) is 0 Å². The Bertz CT molecular complexity index is 1480. The molecule has 0 saturated carbocycles. The fourth-order valence-corrected chi connectivity index (χ4v) is 5.24. The maximum atomic E-state index is 14.7. The molecular formula is C24H26FN9O2. The molecule has 11 nitrogen and oxygen atoms in total. The van der Waals surface area contributed by atoms with E-state index in [2.05, 4.69) is 25.0 Å². The summed E-state index contributed by atoms with van der Waals surface area (Å²) in [5, 5.41) is 3.99. The maximum absolute atomic E-state index is 14.7. The van der Waals surface area contributed by atoms with Gasteiger partial charge < -0.3 is 30.4 Å². The molecule has 0 aliphatic carbocycles. The molecule has 6 rings (SSSR count). The number of carbonyl (C=O) groups excluding carboxylic acids is 1. The molecule has 0 bridgehead atoms. The van der Waals surface area contributed by atoms with Gasteiger partial charge in [-0.3, -0.25) is 4.79 Å². The van der Waals surface area contributed by atoms with E-state index in [0.29, 0.717) is 62.3 Å². The lowest BCUT2D eigenvalue weighted by Gasteiger charge is -2.34. The smallest absolute Gasteiger partial charge is 0.244 e. The van der Waals surface area contributed by atoms with Crippen LogP contribution in [0.5, 0.6) is 0 Å². The Hall–Kier alpha value is -4.06. The van der Waals surface area contributed by atoms with Gasteiger partial charge in [-0.15, -0.1) is 0 Å². The van der Waals surface area contributed by atoms with Crippen LogP contribution in [0.1, 0.15) is 28.8 Å². The fourth-order valence-electron chi connectivity index (χ4n) is 5.24. The number of nitrogens with zero attached hydrogens (tertiary/aromatic N) is 7. The molecule has 1 amide bonds. The lowest BCUT2D eigenvalue weighted by molar-refractivity contribution is -0.137. The summed E-state index contributed by atoms with van der Waals surface area (Å²) in [6, 6.07) is 3.21. The topological polar surface area (TPSA) is 145 Å². The van der Waals surface area contributed by atoms with Gasteiger partial charge in [0, 0.05) is 42.9 Å². The molecule has 2 aliphatic heterocycles. The molecule has 1 saturated heterocycles. The summed E-state index contributed by atoms with van der Waals surface area (Å²) in [5.41, 5.74) is 16.6. The van der Waals surface area contributed by atoms with Crippen molar-refractivity contribution < 1.29 is 13.7 Å². The molecule has 0 spiro atoms. The summed E-state index contributed by atoms with van der Waals surface area (Å²) in [6.07, 6.45) is 5.73. The highest BCUT2D eigenvalue weighted by atomic mass is 19.1. The number of hydrogen-bond donors (Lipinski definition) is 2. The zero-order chi connectivity index (χ0) is 25.0. The maximum Gasteiger partial charge on any atom is 0.244 e. The van der Waals surface area contributed by atoms with Crippen molar-refractivity contribution >= 4 is 28.6 Å². The number of anilines is 2. The van der Waals surface area contributed by atoms with E-state index >= 15 is 0 Å². The van der Waals surface area contributed by atoms with Gasteiger partial charge in [0.25, 0.3) is 0 Å². The first-order valence-corrected chi connectivity index (χ1v) is 11.8. The highest BCUT2D eigenvalue weighted by Crippen LogP contribution is 2.34. The Labute approximate surface area is 205 Å². The van der Waals surface area contributed by atoms with Crippen LogP contribution in [0.4, 0.5) is 15.9 Å². The van der Waals surface area contributed by atoms with Gasteiger partial charge in [0.15, 0.2) is 11.5 Å². The van der Waals surface area contributed by atoms with Crippen molar-refractivity contribution in [1.29, 1.82) is 0 Å². The summed E-state index contributed by atoms with van der Waals surface area (Å²) in [5.74, 6) is -0.110. The number of amides is 1. The third kappa shape index (κ3) is 3.56. The van der Waals surface area contributed by atoms with Crippen molar-refractivity contribution in [2.75, 3.05) is 30.3 Å². The minimum absolute atomic E-state index is 0.0926. The minimum atomic E-state index is -1.04. The highest BCUT2D eigenvalue weighted by Gasteiger charge is 2.44. The summed E-state index contributed by atoms with van der Waals surface area (Å²) in [7, 11) is 0. The van der Waals surface area contributed by atoms with Gasteiger partial charge in [-0.2, -0.15) is 0 Å². The van der Waals surface area contributed by atoms with Crippen molar-refractivity contribution in [1.82, 2.24) is 29.6 Å². The van der Waals surface area contributed by atoms with Crippen LogP contribution in [0.25, 0.3) is 11.2 Å². The Morgan fingerprint density at radius 3 is 2.97 bits per heavy atom. The Morgan fingerprint density at radius 1 is 1.25 bits per heavy atom. The summed E-state index contributed by atoms with van der Waals surface area (Å²) in [6.45, 7) is 3.98. The van der Waals surface area contributed by atoms with E-state index in [4.69, 9.17) is 16.0 Å². The van der Waals surface area contributed by atoms with Crippen LogP contribution in [-0.4, -0.2) is 60.7 Å². The van der Waals surface area contributed by atoms with Crippen molar-refractivity contribution in [3.8, 4) is 0 Å². The van der Waals surface area contributed by atoms with Crippen LogP contribution in [0, 0.1) is 12.7 Å². The lowest BCUT2D eigenvalue weighted by atomic mass is 9.96. The second kappa shape index (κ2) is 8.26. The monoisotopic (exact) mass is 491 g/mol. The minimum Gasteiger partial charge on any atom is -0.382 e. The van der Waals surface area contributed by atoms with Gasteiger partial charge in [-0.05, 0) is 31.0 Å². The molecule has 5 heterocycles. The van der Waals surface area contributed by atoms with Crippen LogP contribution < -0.4 is 16.4 Å². The van der Waals surface area contributed by atoms with Gasteiger partial charge in [0.05, 0.1) is 25.1 Å². The summed E-state index contributed by atoms with van der Waals surface area (Å²) >= 11 is 0. The standard InChI is InChI=1S/C24H26FN9O2/c1-14-16(9-34-13-30-20-21(26)28-12-29-22(20)34)19(3-2-17(14)25)33-7-5-24(27,11-33)23(35)32-6-4-18-15(8-32)10-36-31-18/h2-3,10,12-13H,4-9,11,27H2,1H3,(H2,26,28,29)/t24-/m1/s1. The fraction of sp³-hybridized carbons (Fsp3) is 0.375. The van der Waals surface area contributed by atoms with Gasteiger partial charge in [-0.25, -0.2) is 19.3 Å². The number of hydrogen-bond acceptors (Lipinski definition) is 9. The quantitative estimate of drug-likeness (QED) is 0.432. The van der Waals surface area contributed by atoms with Crippen LogP contribution in [-0.2, 0) is 24.3 Å². The van der Waals surface area contributed by atoms with Crippen molar-refractivity contribution in [3.05, 3.63) is 59.3 Å². The SMILES string of the molecule is Cc1c(F)ccc(N2CC[C@](N)(C(=O)N3CCc4nocc4C3)C2)c1Cn1cnc2c(N)ncnc21. The number of nitrogen functional groups attached to an aromatic ring is 1. The number of halogens is 1. The van der Waals surface area contributed by atoms with Crippen molar-refractivity contribution in [2.24, 2.45) is 5.73 Å². The predicted molar refractivity (Wildman–Crippen MR) is 129 cm³/mol. The van der Waals surface area contributed by atoms with Crippen LogP contribution in [0.15, 0.2) is 35.6 Å². The molecule has 36 heavy (non-hydrogen) atoms. The molecule has 0 radical (unpaired) electrons. The Balaban J connectivity index is 1.28. The average Bonchev–Trinajstić information content (AvgIpc) is 3.61. The third-order valence-corrected chi connectivity index (χ3v) is 7.33. The van der Waals surface area contributed by atoms with E-state index < -0.39 is 5.54 Å². The van der Waals surface area contributed by atoms with Crippen molar-refractivity contribution in [3.63, 3.8) is 0 Å². The molecule has 0 unspecified atom stereocenters. The van der Waals surface area contributed by atoms with E-state index in [0.717, 1.165) is 22.5 Å². The number of rotatable bonds is 4. The molecule has 12 heteroatoms. The Morgan fingerprint density at radius 2 is 2.11 bits per heavy atom. The predicted octanol–water partition coefficient (Wildman–Crippen LogP) is 1.38. The molecule has 2 aliphatic rings. The van der Waals surface area contributed by atoms with E-state index in [1.54, 1.807) is 30.5 Å². The molecule has 1 atom stereocenters. The van der Waals surface area contributed by atoms with Crippen LogP contribution in [0.3, 0.4) is 0 Å². The second-order valence-electron chi connectivity index (χ2n) is 9.56. The first kappa shape index (κ1) is 22.4. The summed E-state index contributed by atoms with van der Waals surface area (Å²) in [4.78, 5) is 30.0. The van der Waals surface area contributed by atoms with Crippen LogP contribution >= 0.6 is 0 Å². The number of aromatic nitrogens is 5. The lowest BCUT2D eigenvalue weighted by Crippen LogP contribution is -2.57. The average molecular weight is 492 g/mol. The molecule has 1 aromatic carbocycles. The number of carbonyl (C=O) groups is 1. The highest BCUT2D eigenvalue weighted by molar-refractivity contribution is 5.88. The molecule has 1 fully saturated rings. The summed E-state index contributed by atoms with van der Waals surface area (Å²) < 4.78 is 21.6. The van der Waals surface area contributed by atoms with Gasteiger partial charge in [0.2, 0.25) is 5.91 Å². The van der Waals surface area contributed by atoms with E-state index in [1.165, 1.54) is 12.4 Å². The first-order valence-electron chi connectivity index (χ1n) is 11.8. The van der Waals surface area contributed by atoms with Gasteiger partial charge in [-0.1, -0.05) is 5.16 Å². The van der Waals surface area contributed by atoms with E-state index in [-0.39, 0.29) is 17.5 Å². The van der Waals surface area contributed by atoms with E-state index in [1.807, 2.05) is 4.57 Å². The first-order chi connectivity index (χ1) is 17.3. The zero-order valence-corrected chi connectivity index (χ0v) is 19.8. The van der Waals surface area contributed by atoms with E-state index in [9.17, 15) is 9.18 Å². The van der Waals surface area contributed by atoms with Crippen molar-refractivity contribution in [2.45, 2.75) is 38.4 Å². The molecular weight excluding hydrogens is 465 g/mol. The number of fused-ring (bicyclic) bond motifs is 2. The number of imidazole rings is 1. The Kier molecular flexibility index (Phi) is 5.14. The zero-order valence-electron chi connectivity index (χ0n) is 19.8. The largest absolute Gasteiger partial charge is 0.382 e. The van der Waals surface area contributed by atoms with Gasteiger partial charge >= 0.3 is 0 Å². The second-order valence-corrected chi connectivity index (χ2v) is 9.56.